The van der Waals surface area contributed by atoms with Crippen molar-refractivity contribution in [2.24, 2.45) is 0 Å². The molecule has 1 amide bonds. The van der Waals surface area contributed by atoms with Crippen LogP contribution in [0, 0.1) is 6.92 Å². The molecule has 7 nitrogen and oxygen atoms in total. The van der Waals surface area contributed by atoms with Crippen molar-refractivity contribution in [1.82, 2.24) is 29.5 Å². The summed E-state index contributed by atoms with van der Waals surface area (Å²) in [6, 6.07) is 4.43. The first-order valence-electron chi connectivity index (χ1n) is 11.7. The van der Waals surface area contributed by atoms with Crippen molar-refractivity contribution in [3.63, 3.8) is 0 Å². The first kappa shape index (κ1) is 22.0. The number of hydrogen-bond acceptors (Lipinski definition) is 5. The molecule has 168 valence electrons. The van der Waals surface area contributed by atoms with Crippen molar-refractivity contribution in [2.45, 2.75) is 58.5 Å². The van der Waals surface area contributed by atoms with Gasteiger partial charge in [-0.3, -0.25) is 14.7 Å². The number of piperidine rings is 1. The fourth-order valence-electron chi connectivity index (χ4n) is 4.74. The van der Waals surface area contributed by atoms with E-state index in [0.29, 0.717) is 18.5 Å². The first-order valence-corrected chi connectivity index (χ1v) is 11.7. The molecule has 7 heteroatoms. The van der Waals surface area contributed by atoms with Gasteiger partial charge in [-0.15, -0.1) is 0 Å². The van der Waals surface area contributed by atoms with Crippen LogP contribution in [0.15, 0.2) is 24.5 Å². The third kappa shape index (κ3) is 5.33. The minimum atomic E-state index is 0.295. The minimum Gasteiger partial charge on any atom is -0.339 e. The van der Waals surface area contributed by atoms with Crippen LogP contribution >= 0.6 is 0 Å². The molecule has 1 fully saturated rings. The van der Waals surface area contributed by atoms with Crippen LogP contribution in [0.25, 0.3) is 5.69 Å². The zero-order chi connectivity index (χ0) is 21.8. The van der Waals surface area contributed by atoms with E-state index in [1.165, 1.54) is 5.56 Å². The fraction of sp³-hybridized carbons (Fsp3) is 0.625. The van der Waals surface area contributed by atoms with Gasteiger partial charge in [0.15, 0.2) is 0 Å². The Labute approximate surface area is 186 Å². The van der Waals surface area contributed by atoms with Gasteiger partial charge in [0, 0.05) is 55.7 Å². The Morgan fingerprint density at radius 1 is 1.26 bits per heavy atom. The zero-order valence-electron chi connectivity index (χ0n) is 19.3. The highest BCUT2D eigenvalue weighted by Crippen LogP contribution is 2.21. The van der Waals surface area contributed by atoms with Crippen molar-refractivity contribution < 1.29 is 4.79 Å². The highest BCUT2D eigenvalue weighted by molar-refractivity contribution is 5.78. The van der Waals surface area contributed by atoms with E-state index < -0.39 is 0 Å². The number of aryl methyl sites for hydroxylation is 1. The number of fused-ring (bicyclic) bond motifs is 1. The fourth-order valence-corrected chi connectivity index (χ4v) is 4.74. The van der Waals surface area contributed by atoms with E-state index in [4.69, 9.17) is 5.10 Å². The maximum atomic E-state index is 13.3. The maximum absolute atomic E-state index is 13.3. The van der Waals surface area contributed by atoms with E-state index in [0.717, 1.165) is 81.9 Å². The SMILES string of the molecule is CCCCN(C(=O)CN1CCc2nn(-c3ccnc(C)c3)cc2C1)C1CCN(C)CC1. The van der Waals surface area contributed by atoms with Crippen LogP contribution < -0.4 is 0 Å². The zero-order valence-corrected chi connectivity index (χ0v) is 19.3. The Morgan fingerprint density at radius 2 is 2.06 bits per heavy atom. The molecule has 0 atom stereocenters. The van der Waals surface area contributed by atoms with Gasteiger partial charge in [-0.1, -0.05) is 13.3 Å². The predicted molar refractivity (Wildman–Crippen MR) is 122 cm³/mol. The third-order valence-electron chi connectivity index (χ3n) is 6.64. The lowest BCUT2D eigenvalue weighted by Gasteiger charge is -2.38. The molecule has 2 aliphatic rings. The predicted octanol–water partition coefficient (Wildman–Crippen LogP) is 2.66. The van der Waals surface area contributed by atoms with E-state index in [1.54, 1.807) is 0 Å². The van der Waals surface area contributed by atoms with E-state index >= 15 is 0 Å². The standard InChI is InChI=1S/C24H36N6O/c1-4-5-11-29(21-7-12-27(3)13-8-21)24(31)18-28-14-9-23-20(16-28)17-30(26-23)22-6-10-25-19(2)15-22/h6,10,15,17,21H,4-5,7-9,11-14,16,18H2,1-3H3. The molecular formula is C24H36N6O. The van der Waals surface area contributed by atoms with Gasteiger partial charge in [0.1, 0.15) is 0 Å². The van der Waals surface area contributed by atoms with Gasteiger partial charge in [0.05, 0.1) is 17.9 Å². The van der Waals surface area contributed by atoms with Crippen molar-refractivity contribution in [3.05, 3.63) is 41.5 Å². The van der Waals surface area contributed by atoms with E-state index in [9.17, 15) is 4.79 Å². The lowest BCUT2D eigenvalue weighted by Crippen LogP contribution is -2.50. The molecular weight excluding hydrogens is 388 g/mol. The van der Waals surface area contributed by atoms with Gasteiger partial charge < -0.3 is 9.80 Å². The van der Waals surface area contributed by atoms with Crippen LogP contribution in [0.1, 0.15) is 49.6 Å². The molecule has 2 aromatic heterocycles. The summed E-state index contributed by atoms with van der Waals surface area (Å²) in [6.45, 7) is 9.44. The lowest BCUT2D eigenvalue weighted by atomic mass is 10.0. The molecule has 4 rings (SSSR count). The highest BCUT2D eigenvalue weighted by Gasteiger charge is 2.29. The van der Waals surface area contributed by atoms with Crippen LogP contribution in [0.2, 0.25) is 0 Å². The number of carbonyl (C=O) groups excluding carboxylic acids is 1. The summed E-state index contributed by atoms with van der Waals surface area (Å²) in [5.74, 6) is 0.295. The number of aromatic nitrogens is 3. The summed E-state index contributed by atoms with van der Waals surface area (Å²) in [7, 11) is 2.17. The molecule has 0 spiro atoms. The van der Waals surface area contributed by atoms with Gasteiger partial charge in [0.2, 0.25) is 5.91 Å². The van der Waals surface area contributed by atoms with Crippen molar-refractivity contribution in [1.29, 1.82) is 0 Å². The van der Waals surface area contributed by atoms with Crippen LogP contribution in [-0.4, -0.2) is 81.2 Å². The largest absolute Gasteiger partial charge is 0.339 e. The molecule has 0 radical (unpaired) electrons. The second-order valence-corrected chi connectivity index (χ2v) is 9.14. The van der Waals surface area contributed by atoms with E-state index in [2.05, 4.69) is 39.9 Å². The minimum absolute atomic E-state index is 0.295. The second kappa shape index (κ2) is 9.92. The highest BCUT2D eigenvalue weighted by atomic mass is 16.2. The molecule has 0 bridgehead atoms. The van der Waals surface area contributed by atoms with Gasteiger partial charge in [0.25, 0.3) is 0 Å². The number of hydrogen-bond donors (Lipinski definition) is 0. The van der Waals surface area contributed by atoms with Crippen molar-refractivity contribution in [3.8, 4) is 5.69 Å². The number of unbranched alkanes of at least 4 members (excludes halogenated alkanes) is 1. The summed E-state index contributed by atoms with van der Waals surface area (Å²) in [4.78, 5) is 24.4. The smallest absolute Gasteiger partial charge is 0.237 e. The molecule has 2 aromatic rings. The van der Waals surface area contributed by atoms with Crippen LogP contribution in [-0.2, 0) is 17.8 Å². The molecule has 0 unspecified atom stereocenters. The van der Waals surface area contributed by atoms with Crippen molar-refractivity contribution >= 4 is 5.91 Å². The molecule has 1 saturated heterocycles. The summed E-state index contributed by atoms with van der Waals surface area (Å²) in [6.07, 6.45) is 9.22. The lowest BCUT2D eigenvalue weighted by molar-refractivity contribution is -0.136. The average Bonchev–Trinajstić information content (AvgIpc) is 3.19. The van der Waals surface area contributed by atoms with E-state index in [-0.39, 0.29) is 0 Å². The summed E-state index contributed by atoms with van der Waals surface area (Å²) < 4.78 is 1.96. The van der Waals surface area contributed by atoms with Gasteiger partial charge in [-0.25, -0.2) is 4.68 Å². The molecule has 0 N–H and O–H groups in total. The maximum Gasteiger partial charge on any atom is 0.237 e. The van der Waals surface area contributed by atoms with Crippen LogP contribution in [0.5, 0.6) is 0 Å². The molecule has 2 aliphatic heterocycles. The topological polar surface area (TPSA) is 57.5 Å². The van der Waals surface area contributed by atoms with Gasteiger partial charge in [-0.05, 0) is 58.5 Å². The number of likely N-dealkylation sites (tertiary alicyclic amines) is 1. The molecule has 4 heterocycles. The normalized spacial score (nSPS) is 18.2. The number of pyridine rings is 1. The summed E-state index contributed by atoms with van der Waals surface area (Å²) in [5.41, 5.74) is 4.40. The Hall–Kier alpha value is -2.25. The molecule has 31 heavy (non-hydrogen) atoms. The summed E-state index contributed by atoms with van der Waals surface area (Å²) in [5, 5.41) is 4.79. The summed E-state index contributed by atoms with van der Waals surface area (Å²) >= 11 is 0. The van der Waals surface area contributed by atoms with Crippen LogP contribution in [0.3, 0.4) is 0 Å². The van der Waals surface area contributed by atoms with Gasteiger partial charge >= 0.3 is 0 Å². The molecule has 0 aliphatic carbocycles. The Balaban J connectivity index is 1.41. The Bertz CT molecular complexity index is 886. The van der Waals surface area contributed by atoms with Gasteiger partial charge in [-0.2, -0.15) is 5.10 Å². The number of rotatable bonds is 7. The number of carbonyl (C=O) groups is 1. The Morgan fingerprint density at radius 3 is 2.81 bits per heavy atom. The number of nitrogens with zero attached hydrogens (tertiary/aromatic N) is 6. The monoisotopic (exact) mass is 424 g/mol. The quantitative estimate of drug-likeness (QED) is 0.684. The van der Waals surface area contributed by atoms with Crippen LogP contribution in [0.4, 0.5) is 0 Å². The first-order chi connectivity index (χ1) is 15.0. The third-order valence-corrected chi connectivity index (χ3v) is 6.64. The molecule has 0 saturated carbocycles. The second-order valence-electron chi connectivity index (χ2n) is 9.14. The molecule has 0 aromatic carbocycles. The van der Waals surface area contributed by atoms with Crippen molar-refractivity contribution in [2.75, 3.05) is 39.8 Å². The van der Waals surface area contributed by atoms with E-state index in [1.807, 2.05) is 29.9 Å². The Kier molecular flexibility index (Phi) is 7.02. The average molecular weight is 425 g/mol. The number of amides is 1.